The average Bonchev–Trinajstić information content (AvgIpc) is 3.52. The van der Waals surface area contributed by atoms with E-state index in [1.807, 2.05) is 13.0 Å². The number of non-ortho nitro benzene ring substituents is 1. The number of nitrogens with zero attached hydrogens (tertiary/aromatic N) is 4. The van der Waals surface area contributed by atoms with Crippen molar-refractivity contribution in [3.63, 3.8) is 0 Å². The van der Waals surface area contributed by atoms with Crippen molar-refractivity contribution in [1.29, 1.82) is 0 Å². The number of rotatable bonds is 6. The molecule has 0 radical (unpaired) electrons. The fourth-order valence-electron chi connectivity index (χ4n) is 3.38. The second-order valence-corrected chi connectivity index (χ2v) is 7.12. The predicted octanol–water partition coefficient (Wildman–Crippen LogP) is 2.64. The minimum atomic E-state index is -0.414. The molecule has 1 saturated heterocycles. The zero-order chi connectivity index (χ0) is 18.8. The molecule has 4 rings (SSSR count). The molecule has 142 valence electrons. The van der Waals surface area contributed by atoms with Crippen LogP contribution in [-0.2, 0) is 4.74 Å². The fourth-order valence-corrected chi connectivity index (χ4v) is 3.38. The van der Waals surface area contributed by atoms with Crippen LogP contribution in [0.5, 0.6) is 0 Å². The Hall–Kier alpha value is -2.58. The molecule has 8 heteroatoms. The van der Waals surface area contributed by atoms with E-state index in [1.165, 1.54) is 25.0 Å². The predicted molar refractivity (Wildman–Crippen MR) is 102 cm³/mol. The third kappa shape index (κ3) is 4.40. The quantitative estimate of drug-likeness (QED) is 0.618. The molecule has 0 amide bonds. The molecule has 2 aromatic rings. The average molecular weight is 369 g/mol. The molecule has 1 atom stereocenters. The van der Waals surface area contributed by atoms with E-state index in [1.54, 1.807) is 12.1 Å². The van der Waals surface area contributed by atoms with Crippen LogP contribution in [0, 0.1) is 17.0 Å². The standard InChI is InChI=1S/C19H23N5O3/c1-13-10-18(20-11-17-12-23(8-9-27-17)15-6-7-15)22-19(21-13)14-2-4-16(5-3-14)24(25)26/h2-5,10,15,17H,6-9,11-12H2,1H3,(H,20,21,22). The van der Waals surface area contributed by atoms with Gasteiger partial charge in [0.2, 0.25) is 0 Å². The van der Waals surface area contributed by atoms with Gasteiger partial charge in [0.15, 0.2) is 5.82 Å². The van der Waals surface area contributed by atoms with Crippen molar-refractivity contribution in [3.05, 3.63) is 46.1 Å². The Morgan fingerprint density at radius 1 is 1.30 bits per heavy atom. The molecule has 1 aliphatic heterocycles. The maximum absolute atomic E-state index is 10.8. The number of nitrogens with one attached hydrogen (secondary N) is 1. The molecule has 1 aliphatic carbocycles. The molecular weight excluding hydrogens is 346 g/mol. The molecule has 1 N–H and O–H groups in total. The number of anilines is 1. The maximum Gasteiger partial charge on any atom is 0.269 e. The minimum Gasteiger partial charge on any atom is -0.374 e. The summed E-state index contributed by atoms with van der Waals surface area (Å²) in [5.41, 5.74) is 1.64. The number of aryl methyl sites for hydroxylation is 1. The van der Waals surface area contributed by atoms with Gasteiger partial charge in [-0.1, -0.05) is 0 Å². The number of aromatic nitrogens is 2. The van der Waals surface area contributed by atoms with Crippen molar-refractivity contribution < 1.29 is 9.66 Å². The first-order valence-corrected chi connectivity index (χ1v) is 9.28. The van der Waals surface area contributed by atoms with Gasteiger partial charge < -0.3 is 10.1 Å². The monoisotopic (exact) mass is 369 g/mol. The van der Waals surface area contributed by atoms with Gasteiger partial charge in [-0.2, -0.15) is 0 Å². The Balaban J connectivity index is 1.43. The lowest BCUT2D eigenvalue weighted by molar-refractivity contribution is -0.384. The Morgan fingerprint density at radius 3 is 2.78 bits per heavy atom. The van der Waals surface area contributed by atoms with Gasteiger partial charge in [0.05, 0.1) is 17.6 Å². The van der Waals surface area contributed by atoms with Gasteiger partial charge >= 0.3 is 0 Å². The molecule has 1 aromatic carbocycles. The van der Waals surface area contributed by atoms with Crippen LogP contribution in [0.15, 0.2) is 30.3 Å². The Bertz CT molecular complexity index is 823. The van der Waals surface area contributed by atoms with Gasteiger partial charge in [-0.15, -0.1) is 0 Å². The van der Waals surface area contributed by atoms with E-state index in [2.05, 4.69) is 20.2 Å². The van der Waals surface area contributed by atoms with Gasteiger partial charge in [0, 0.05) is 55.1 Å². The Morgan fingerprint density at radius 2 is 2.07 bits per heavy atom. The van der Waals surface area contributed by atoms with Crippen LogP contribution < -0.4 is 5.32 Å². The summed E-state index contributed by atoms with van der Waals surface area (Å²) < 4.78 is 5.88. The SMILES string of the molecule is Cc1cc(NCC2CN(C3CC3)CCO2)nc(-c2ccc([N+](=O)[O-])cc2)n1. The number of benzene rings is 1. The fraction of sp³-hybridized carbons (Fsp3) is 0.474. The van der Waals surface area contributed by atoms with Gasteiger partial charge in [-0.3, -0.25) is 15.0 Å². The van der Waals surface area contributed by atoms with E-state index in [0.29, 0.717) is 12.4 Å². The summed E-state index contributed by atoms with van der Waals surface area (Å²) in [7, 11) is 0. The van der Waals surface area contributed by atoms with E-state index in [4.69, 9.17) is 4.74 Å². The molecule has 27 heavy (non-hydrogen) atoms. The normalized spacial score (nSPS) is 20.4. The second-order valence-electron chi connectivity index (χ2n) is 7.12. The van der Waals surface area contributed by atoms with Crippen LogP contribution in [0.25, 0.3) is 11.4 Å². The molecule has 1 saturated carbocycles. The van der Waals surface area contributed by atoms with Crippen LogP contribution in [0.4, 0.5) is 11.5 Å². The largest absolute Gasteiger partial charge is 0.374 e. The topological polar surface area (TPSA) is 93.4 Å². The summed E-state index contributed by atoms with van der Waals surface area (Å²) >= 11 is 0. The Kier molecular flexibility index (Phi) is 5.00. The molecule has 0 spiro atoms. The number of nitro groups is 1. The van der Waals surface area contributed by atoms with Crippen LogP contribution in [-0.4, -0.2) is 58.2 Å². The van der Waals surface area contributed by atoms with Crippen LogP contribution in [0.3, 0.4) is 0 Å². The van der Waals surface area contributed by atoms with E-state index in [0.717, 1.165) is 42.8 Å². The number of hydrogen-bond donors (Lipinski definition) is 1. The lowest BCUT2D eigenvalue weighted by Crippen LogP contribution is -2.46. The van der Waals surface area contributed by atoms with Gasteiger partial charge in [0.25, 0.3) is 5.69 Å². The summed E-state index contributed by atoms with van der Waals surface area (Å²) in [4.78, 5) is 21.9. The highest BCUT2D eigenvalue weighted by molar-refractivity contribution is 5.59. The smallest absolute Gasteiger partial charge is 0.269 e. The number of hydrogen-bond acceptors (Lipinski definition) is 7. The summed E-state index contributed by atoms with van der Waals surface area (Å²) in [6.45, 7) is 5.36. The molecule has 1 aromatic heterocycles. The first-order chi connectivity index (χ1) is 13.1. The van der Waals surface area contributed by atoms with Crippen molar-refractivity contribution in [3.8, 4) is 11.4 Å². The number of ether oxygens (including phenoxy) is 1. The third-order valence-corrected chi connectivity index (χ3v) is 4.93. The summed E-state index contributed by atoms with van der Waals surface area (Å²) in [6.07, 6.45) is 2.77. The van der Waals surface area contributed by atoms with Crippen molar-refractivity contribution in [1.82, 2.24) is 14.9 Å². The second kappa shape index (κ2) is 7.58. The minimum absolute atomic E-state index is 0.0550. The van der Waals surface area contributed by atoms with E-state index in [9.17, 15) is 10.1 Å². The number of nitro benzene ring substituents is 1. The van der Waals surface area contributed by atoms with E-state index in [-0.39, 0.29) is 11.8 Å². The van der Waals surface area contributed by atoms with Gasteiger partial charge in [-0.25, -0.2) is 9.97 Å². The highest BCUT2D eigenvalue weighted by Crippen LogP contribution is 2.28. The molecule has 0 bridgehead atoms. The van der Waals surface area contributed by atoms with Crippen molar-refractivity contribution in [2.24, 2.45) is 0 Å². The summed E-state index contributed by atoms with van der Waals surface area (Å²) in [6, 6.07) is 8.94. The van der Waals surface area contributed by atoms with Crippen molar-refractivity contribution in [2.75, 3.05) is 31.6 Å². The van der Waals surface area contributed by atoms with Gasteiger partial charge in [0.1, 0.15) is 5.82 Å². The van der Waals surface area contributed by atoms with Crippen molar-refractivity contribution in [2.45, 2.75) is 31.9 Å². The van der Waals surface area contributed by atoms with E-state index < -0.39 is 4.92 Å². The molecular formula is C19H23N5O3. The first-order valence-electron chi connectivity index (χ1n) is 9.28. The highest BCUT2D eigenvalue weighted by atomic mass is 16.6. The first kappa shape index (κ1) is 17.8. The van der Waals surface area contributed by atoms with Crippen LogP contribution >= 0.6 is 0 Å². The zero-order valence-corrected chi connectivity index (χ0v) is 15.3. The van der Waals surface area contributed by atoms with E-state index >= 15 is 0 Å². The Labute approximate surface area is 157 Å². The van der Waals surface area contributed by atoms with Crippen LogP contribution in [0.2, 0.25) is 0 Å². The number of morpholine rings is 1. The molecule has 1 unspecified atom stereocenters. The molecule has 2 fully saturated rings. The summed E-state index contributed by atoms with van der Waals surface area (Å²) in [5, 5.41) is 14.2. The molecule has 2 aliphatic rings. The zero-order valence-electron chi connectivity index (χ0n) is 15.3. The molecule has 8 nitrogen and oxygen atoms in total. The van der Waals surface area contributed by atoms with Gasteiger partial charge in [-0.05, 0) is 31.9 Å². The maximum atomic E-state index is 10.8. The van der Waals surface area contributed by atoms with Crippen LogP contribution in [0.1, 0.15) is 18.5 Å². The summed E-state index contributed by atoms with van der Waals surface area (Å²) in [5.74, 6) is 1.29. The molecule has 2 heterocycles. The lowest BCUT2D eigenvalue weighted by Gasteiger charge is -2.33. The highest BCUT2D eigenvalue weighted by Gasteiger charge is 2.32. The third-order valence-electron chi connectivity index (χ3n) is 4.93. The lowest BCUT2D eigenvalue weighted by atomic mass is 10.2. The van der Waals surface area contributed by atoms with Crippen molar-refractivity contribution >= 4 is 11.5 Å².